The van der Waals surface area contributed by atoms with Gasteiger partial charge in [0, 0.05) is 18.8 Å². The van der Waals surface area contributed by atoms with Gasteiger partial charge in [-0.2, -0.15) is 0 Å². The molecule has 0 aliphatic carbocycles. The molecule has 94 valence electrons. The van der Waals surface area contributed by atoms with Crippen LogP contribution in [0.15, 0.2) is 24.3 Å². The predicted molar refractivity (Wildman–Crippen MR) is 69.2 cm³/mol. The Hall–Kier alpha value is -0.843. The fraction of sp³-hybridized carbons (Fsp3) is 0.538. The molecular formula is C13H20O3Si. The molecule has 0 spiro atoms. The smallest absolute Gasteiger partial charge is 0.229 e. The van der Waals surface area contributed by atoms with Crippen LogP contribution in [0.2, 0.25) is 6.04 Å². The molecule has 1 aromatic carbocycles. The second kappa shape index (κ2) is 9.21. The molecule has 0 saturated heterocycles. The maximum Gasteiger partial charge on any atom is 0.229 e. The second-order valence-corrected chi connectivity index (χ2v) is 4.86. The summed E-state index contributed by atoms with van der Waals surface area (Å²) in [5.74, 6) is 0.299. The summed E-state index contributed by atoms with van der Waals surface area (Å²) >= 11 is 0. The number of rotatable bonds is 9. The Balaban J connectivity index is 1.99. The van der Waals surface area contributed by atoms with Crippen molar-refractivity contribution in [1.29, 1.82) is 0 Å². The van der Waals surface area contributed by atoms with Crippen molar-refractivity contribution in [2.24, 2.45) is 0 Å². The first-order chi connectivity index (χ1) is 8.34. The van der Waals surface area contributed by atoms with Crippen LogP contribution in [0, 0.1) is 0 Å². The highest BCUT2D eigenvalue weighted by atomic mass is 28.2. The predicted octanol–water partition coefficient (Wildman–Crippen LogP) is 2.76. The highest BCUT2D eigenvalue weighted by Gasteiger charge is 1.99. The first kappa shape index (κ1) is 14.2. The van der Waals surface area contributed by atoms with Crippen LogP contribution < -0.4 is 0 Å². The fourth-order valence-corrected chi connectivity index (χ4v) is 1.93. The van der Waals surface area contributed by atoms with E-state index in [2.05, 4.69) is 6.92 Å². The highest BCUT2D eigenvalue weighted by molar-refractivity contribution is 6.26. The molecule has 4 heteroatoms. The maximum absolute atomic E-state index is 9.51. The van der Waals surface area contributed by atoms with E-state index in [1.165, 1.54) is 6.42 Å². The summed E-state index contributed by atoms with van der Waals surface area (Å²) in [6, 6.07) is 8.40. The van der Waals surface area contributed by atoms with E-state index in [4.69, 9.17) is 9.16 Å². The molecule has 0 heterocycles. The lowest BCUT2D eigenvalue weighted by Crippen LogP contribution is -2.04. The van der Waals surface area contributed by atoms with Crippen LogP contribution in [0.25, 0.3) is 0 Å². The van der Waals surface area contributed by atoms with Gasteiger partial charge in [-0.3, -0.25) is 0 Å². The molecule has 0 amide bonds. The average Bonchev–Trinajstić information content (AvgIpc) is 2.35. The van der Waals surface area contributed by atoms with Crippen molar-refractivity contribution in [3.63, 3.8) is 0 Å². The Labute approximate surface area is 106 Å². The van der Waals surface area contributed by atoms with Crippen LogP contribution in [0.1, 0.15) is 25.3 Å². The van der Waals surface area contributed by atoms with Gasteiger partial charge >= 0.3 is 0 Å². The van der Waals surface area contributed by atoms with Crippen molar-refractivity contribution < 1.29 is 14.3 Å². The molecule has 2 radical (unpaired) electrons. The normalized spacial score (nSPS) is 10.6. The van der Waals surface area contributed by atoms with Crippen LogP contribution in [0.3, 0.4) is 0 Å². The molecule has 0 bridgehead atoms. The number of aromatic hydroxyl groups is 1. The molecule has 1 aromatic rings. The van der Waals surface area contributed by atoms with E-state index in [0.717, 1.165) is 24.6 Å². The van der Waals surface area contributed by atoms with Crippen molar-refractivity contribution in [3.05, 3.63) is 29.8 Å². The van der Waals surface area contributed by atoms with Crippen LogP contribution in [-0.4, -0.2) is 28.1 Å². The molecule has 3 nitrogen and oxygen atoms in total. The molecule has 17 heavy (non-hydrogen) atoms. The van der Waals surface area contributed by atoms with Gasteiger partial charge in [0.05, 0.1) is 6.61 Å². The Morgan fingerprint density at radius 2 is 2.06 bits per heavy atom. The number of ether oxygens (including phenoxy) is 1. The van der Waals surface area contributed by atoms with Gasteiger partial charge in [0.2, 0.25) is 9.76 Å². The lowest BCUT2D eigenvalue weighted by molar-refractivity contribution is 0.106. The SMILES string of the molecule is CCC[Si]OCCCOCc1ccccc1O. The Morgan fingerprint density at radius 3 is 2.82 bits per heavy atom. The minimum atomic E-state index is 0.299. The van der Waals surface area contributed by atoms with Gasteiger partial charge in [-0.25, -0.2) is 0 Å². The van der Waals surface area contributed by atoms with E-state index >= 15 is 0 Å². The minimum Gasteiger partial charge on any atom is -0.508 e. The number of phenols is 1. The molecule has 0 atom stereocenters. The molecule has 0 saturated carbocycles. The van der Waals surface area contributed by atoms with E-state index in [1.54, 1.807) is 12.1 Å². The van der Waals surface area contributed by atoms with Crippen molar-refractivity contribution in [2.75, 3.05) is 13.2 Å². The van der Waals surface area contributed by atoms with E-state index in [9.17, 15) is 5.11 Å². The Kier molecular flexibility index (Phi) is 7.71. The first-order valence-electron chi connectivity index (χ1n) is 6.04. The van der Waals surface area contributed by atoms with E-state index in [1.807, 2.05) is 12.1 Å². The zero-order chi connectivity index (χ0) is 12.3. The van der Waals surface area contributed by atoms with Crippen LogP contribution in [-0.2, 0) is 15.8 Å². The number of hydrogen-bond acceptors (Lipinski definition) is 3. The molecule has 0 aromatic heterocycles. The van der Waals surface area contributed by atoms with Crippen LogP contribution >= 0.6 is 0 Å². The summed E-state index contributed by atoms with van der Waals surface area (Å²) in [6.07, 6.45) is 2.09. The minimum absolute atomic E-state index is 0.299. The van der Waals surface area contributed by atoms with Crippen molar-refractivity contribution in [3.8, 4) is 5.75 Å². The molecule has 0 aliphatic rings. The second-order valence-electron chi connectivity index (χ2n) is 3.78. The third kappa shape index (κ3) is 6.46. The Bertz CT molecular complexity index is 304. The average molecular weight is 252 g/mol. The van der Waals surface area contributed by atoms with E-state index in [-0.39, 0.29) is 0 Å². The van der Waals surface area contributed by atoms with E-state index < -0.39 is 0 Å². The quantitative estimate of drug-likeness (QED) is 0.542. The molecule has 0 unspecified atom stereocenters. The third-order valence-corrected chi connectivity index (χ3v) is 3.35. The molecule has 1 rings (SSSR count). The topological polar surface area (TPSA) is 38.7 Å². The van der Waals surface area contributed by atoms with Gasteiger partial charge in [-0.15, -0.1) is 0 Å². The van der Waals surface area contributed by atoms with Crippen molar-refractivity contribution in [1.82, 2.24) is 0 Å². The van der Waals surface area contributed by atoms with Crippen LogP contribution in [0.5, 0.6) is 5.75 Å². The van der Waals surface area contributed by atoms with Gasteiger partial charge in [0.25, 0.3) is 0 Å². The molecule has 1 N–H and O–H groups in total. The third-order valence-electron chi connectivity index (χ3n) is 2.24. The monoisotopic (exact) mass is 252 g/mol. The number of phenolic OH excluding ortho intramolecular Hbond substituents is 1. The summed E-state index contributed by atoms with van der Waals surface area (Å²) in [4.78, 5) is 0. The van der Waals surface area contributed by atoms with Gasteiger partial charge < -0.3 is 14.3 Å². The summed E-state index contributed by atoms with van der Waals surface area (Å²) < 4.78 is 10.9. The summed E-state index contributed by atoms with van der Waals surface area (Å²) in [5, 5.41) is 9.51. The van der Waals surface area contributed by atoms with E-state index in [0.29, 0.717) is 28.7 Å². The van der Waals surface area contributed by atoms with Gasteiger partial charge in [0.15, 0.2) is 0 Å². The maximum atomic E-state index is 9.51. The largest absolute Gasteiger partial charge is 0.508 e. The molecule has 0 fully saturated rings. The van der Waals surface area contributed by atoms with Crippen molar-refractivity contribution in [2.45, 2.75) is 32.4 Å². The first-order valence-corrected chi connectivity index (χ1v) is 7.15. The number of para-hydroxylation sites is 1. The standard InChI is InChI=1S/C13H20O3Si/c1-2-10-17-16-9-5-8-15-11-12-6-3-4-7-13(12)14/h3-4,6-7,14H,2,5,8-11H2,1H3. The number of hydrogen-bond donors (Lipinski definition) is 1. The van der Waals surface area contributed by atoms with Gasteiger partial charge in [0.1, 0.15) is 5.75 Å². The van der Waals surface area contributed by atoms with Crippen molar-refractivity contribution >= 4 is 9.76 Å². The molecule has 0 aliphatic heterocycles. The zero-order valence-electron chi connectivity index (χ0n) is 10.3. The van der Waals surface area contributed by atoms with Gasteiger partial charge in [-0.1, -0.05) is 31.5 Å². The molecular weight excluding hydrogens is 232 g/mol. The fourth-order valence-electron chi connectivity index (χ4n) is 1.29. The number of benzene rings is 1. The summed E-state index contributed by atoms with van der Waals surface area (Å²) in [7, 11) is 0.619. The Morgan fingerprint density at radius 1 is 1.24 bits per heavy atom. The summed E-state index contributed by atoms with van der Waals surface area (Å²) in [6.45, 7) is 4.06. The van der Waals surface area contributed by atoms with Gasteiger partial charge in [-0.05, 0) is 18.5 Å². The lowest BCUT2D eigenvalue weighted by atomic mass is 10.2. The highest BCUT2D eigenvalue weighted by Crippen LogP contribution is 2.16. The zero-order valence-corrected chi connectivity index (χ0v) is 11.3. The lowest BCUT2D eigenvalue weighted by Gasteiger charge is -2.06. The summed E-state index contributed by atoms with van der Waals surface area (Å²) in [5.41, 5.74) is 0.835. The van der Waals surface area contributed by atoms with Crippen LogP contribution in [0.4, 0.5) is 0 Å².